The van der Waals surface area contributed by atoms with Crippen LogP contribution in [0.3, 0.4) is 0 Å². The van der Waals surface area contributed by atoms with Gasteiger partial charge in [0.2, 0.25) is 0 Å². The summed E-state index contributed by atoms with van der Waals surface area (Å²) in [5, 5.41) is 6.33. The van der Waals surface area contributed by atoms with E-state index in [-0.39, 0.29) is 0 Å². The molecule has 8 heteroatoms. The van der Waals surface area contributed by atoms with E-state index >= 15 is 0 Å². The summed E-state index contributed by atoms with van der Waals surface area (Å²) in [4.78, 5) is 14.2. The Morgan fingerprint density at radius 3 is 1.20 bits per heavy atom. The van der Waals surface area contributed by atoms with Gasteiger partial charge in [-0.1, -0.05) is 38.5 Å². The molecule has 0 radical (unpaired) electrons. The molecule has 1 fully saturated rings. The van der Waals surface area contributed by atoms with Crippen LogP contribution < -0.4 is 22.1 Å². The van der Waals surface area contributed by atoms with E-state index in [1.165, 1.54) is 38.5 Å². The number of rotatable bonds is 7. The number of nitrogens with one attached hydrogen (secondary N) is 2. The van der Waals surface area contributed by atoms with Crippen molar-refractivity contribution >= 4 is 8.25 Å². The smallest absolute Gasteiger partial charge is 0.329 e. The predicted octanol–water partition coefficient (Wildman–Crippen LogP) is 0.0520. The molecule has 1 aliphatic carbocycles. The molecule has 0 atom stereocenters. The molecule has 0 aromatic rings. The van der Waals surface area contributed by atoms with Crippen molar-refractivity contribution in [1.29, 1.82) is 0 Å². The van der Waals surface area contributed by atoms with Crippen molar-refractivity contribution in [2.24, 2.45) is 11.5 Å². The van der Waals surface area contributed by atoms with Gasteiger partial charge in [0.1, 0.15) is 0 Å². The Hall–Kier alpha value is -0.140. The van der Waals surface area contributed by atoms with Crippen molar-refractivity contribution < 1.29 is 14.4 Å². The highest BCUT2D eigenvalue weighted by molar-refractivity contribution is 7.30. The van der Waals surface area contributed by atoms with Gasteiger partial charge in [-0.15, -0.1) is 9.79 Å². The summed E-state index contributed by atoms with van der Waals surface area (Å²) in [6.07, 6.45) is 9.00. The fourth-order valence-electron chi connectivity index (χ4n) is 1.69. The summed E-state index contributed by atoms with van der Waals surface area (Å²) in [5.74, 6) is 0. The SMILES string of the molecule is C1CCCCC1.NCCNCCNCCN.O=[P+](O)O. The normalized spacial score (nSPS) is 13.6. The van der Waals surface area contributed by atoms with Crippen LogP contribution in [0.15, 0.2) is 0 Å². The monoisotopic (exact) mass is 311 g/mol. The molecule has 7 nitrogen and oxygen atoms in total. The lowest BCUT2D eigenvalue weighted by Crippen LogP contribution is -2.32. The maximum atomic E-state index is 8.70. The molecule has 0 amide bonds. The van der Waals surface area contributed by atoms with Gasteiger partial charge >= 0.3 is 8.25 Å². The lowest BCUT2D eigenvalue weighted by Gasteiger charge is -2.05. The molecular weight excluding hydrogens is 279 g/mol. The van der Waals surface area contributed by atoms with E-state index in [0.29, 0.717) is 13.1 Å². The summed E-state index contributed by atoms with van der Waals surface area (Å²) in [6.45, 7) is 5.14. The molecular formula is C12H32N4O3P+. The maximum absolute atomic E-state index is 8.70. The van der Waals surface area contributed by atoms with Crippen LogP contribution in [0.1, 0.15) is 38.5 Å². The zero-order valence-electron chi connectivity index (χ0n) is 12.4. The van der Waals surface area contributed by atoms with Gasteiger partial charge in [0.15, 0.2) is 0 Å². The van der Waals surface area contributed by atoms with Crippen molar-refractivity contribution in [1.82, 2.24) is 10.6 Å². The van der Waals surface area contributed by atoms with Gasteiger partial charge < -0.3 is 22.1 Å². The summed E-state index contributed by atoms with van der Waals surface area (Å²) in [7, 11) is -2.87. The van der Waals surface area contributed by atoms with Crippen LogP contribution in [0, 0.1) is 0 Å². The van der Waals surface area contributed by atoms with E-state index < -0.39 is 8.25 Å². The minimum Gasteiger partial charge on any atom is -0.329 e. The molecule has 20 heavy (non-hydrogen) atoms. The molecule has 0 spiro atoms. The van der Waals surface area contributed by atoms with Gasteiger partial charge in [-0.05, 0) is 0 Å². The molecule has 0 bridgehead atoms. The topological polar surface area (TPSA) is 134 Å². The van der Waals surface area contributed by atoms with Crippen molar-refractivity contribution in [2.75, 3.05) is 39.3 Å². The Morgan fingerprint density at radius 1 is 0.750 bits per heavy atom. The molecule has 0 aliphatic heterocycles. The summed E-state index contributed by atoms with van der Waals surface area (Å²) < 4.78 is 8.70. The Kier molecular flexibility index (Phi) is 23.4. The van der Waals surface area contributed by atoms with Gasteiger partial charge in [-0.25, -0.2) is 0 Å². The Labute approximate surface area is 123 Å². The molecule has 1 aliphatic rings. The quantitative estimate of drug-likeness (QED) is 0.289. The average Bonchev–Trinajstić information content (AvgIpc) is 2.45. The Morgan fingerprint density at radius 2 is 1.00 bits per heavy atom. The highest BCUT2D eigenvalue weighted by Crippen LogP contribution is 2.15. The molecule has 0 aromatic carbocycles. The molecule has 0 saturated heterocycles. The van der Waals surface area contributed by atoms with Gasteiger partial charge in [-0.3, -0.25) is 0 Å². The zero-order valence-corrected chi connectivity index (χ0v) is 13.3. The molecule has 1 saturated carbocycles. The summed E-state index contributed by atoms with van der Waals surface area (Å²) >= 11 is 0. The first-order valence-electron chi connectivity index (χ1n) is 7.31. The first-order chi connectivity index (χ1) is 9.65. The van der Waals surface area contributed by atoms with Crippen LogP contribution in [-0.2, 0) is 4.57 Å². The third-order valence-corrected chi connectivity index (χ3v) is 2.62. The lowest BCUT2D eigenvalue weighted by molar-refractivity contribution is 0.405. The van der Waals surface area contributed by atoms with E-state index in [0.717, 1.165) is 26.2 Å². The van der Waals surface area contributed by atoms with Crippen molar-refractivity contribution in [3.05, 3.63) is 0 Å². The van der Waals surface area contributed by atoms with Gasteiger partial charge in [0.25, 0.3) is 0 Å². The largest absolute Gasteiger partial charge is 0.692 e. The van der Waals surface area contributed by atoms with E-state index in [4.69, 9.17) is 25.8 Å². The van der Waals surface area contributed by atoms with Crippen molar-refractivity contribution in [3.8, 4) is 0 Å². The predicted molar refractivity (Wildman–Crippen MR) is 83.6 cm³/mol. The highest BCUT2D eigenvalue weighted by atomic mass is 31.1. The van der Waals surface area contributed by atoms with Crippen molar-refractivity contribution in [3.63, 3.8) is 0 Å². The van der Waals surface area contributed by atoms with E-state index in [1.807, 2.05) is 0 Å². The van der Waals surface area contributed by atoms with Crippen LogP contribution in [0.4, 0.5) is 0 Å². The number of hydrogen-bond donors (Lipinski definition) is 6. The summed E-state index contributed by atoms with van der Waals surface area (Å²) in [6, 6.07) is 0. The highest BCUT2D eigenvalue weighted by Gasteiger charge is 1.95. The molecule has 8 N–H and O–H groups in total. The Bertz CT molecular complexity index is 172. The van der Waals surface area contributed by atoms with Gasteiger partial charge in [0.05, 0.1) is 0 Å². The van der Waals surface area contributed by atoms with Crippen LogP contribution in [0.5, 0.6) is 0 Å². The molecule has 0 heterocycles. The third-order valence-electron chi connectivity index (χ3n) is 2.62. The van der Waals surface area contributed by atoms with Crippen LogP contribution in [-0.4, -0.2) is 49.1 Å². The second-order valence-corrected chi connectivity index (χ2v) is 4.96. The second-order valence-electron chi connectivity index (χ2n) is 4.45. The number of nitrogens with two attached hydrogens (primary N) is 2. The minimum absolute atomic E-state index is 0.705. The van der Waals surface area contributed by atoms with E-state index in [9.17, 15) is 0 Å². The first-order valence-corrected chi connectivity index (χ1v) is 8.48. The fourth-order valence-corrected chi connectivity index (χ4v) is 1.69. The third kappa shape index (κ3) is 30.7. The van der Waals surface area contributed by atoms with E-state index in [2.05, 4.69) is 10.6 Å². The Balaban J connectivity index is 0. The minimum atomic E-state index is -2.87. The van der Waals surface area contributed by atoms with Gasteiger partial charge in [0, 0.05) is 43.8 Å². The molecule has 1 rings (SSSR count). The fraction of sp³-hybridized carbons (Fsp3) is 1.00. The molecule has 122 valence electrons. The molecule has 0 unspecified atom stereocenters. The van der Waals surface area contributed by atoms with E-state index in [1.54, 1.807) is 0 Å². The molecule has 0 aromatic heterocycles. The number of hydrogen-bond acceptors (Lipinski definition) is 5. The van der Waals surface area contributed by atoms with Crippen LogP contribution in [0.2, 0.25) is 0 Å². The average molecular weight is 311 g/mol. The lowest BCUT2D eigenvalue weighted by atomic mass is 10.0. The summed E-state index contributed by atoms with van der Waals surface area (Å²) in [5.41, 5.74) is 10.5. The van der Waals surface area contributed by atoms with Gasteiger partial charge in [-0.2, -0.15) is 0 Å². The zero-order chi connectivity index (χ0) is 15.5. The maximum Gasteiger partial charge on any atom is 0.692 e. The first kappa shape index (κ1) is 22.1. The van der Waals surface area contributed by atoms with Crippen LogP contribution >= 0.6 is 8.25 Å². The van der Waals surface area contributed by atoms with Crippen LogP contribution in [0.25, 0.3) is 0 Å². The second kappa shape index (κ2) is 21.2. The standard InChI is InChI=1S/C6H18N4.C6H12.HO3P/c7-1-3-9-5-6-10-4-2-8;1-2-4-6-5-3-1;1-4(2)3/h9-10H,1-8H2;1-6H2;(H-,1,2,3)/p+1. The van der Waals surface area contributed by atoms with Crippen molar-refractivity contribution in [2.45, 2.75) is 38.5 Å².